The highest BCUT2D eigenvalue weighted by molar-refractivity contribution is 5.69. The van der Waals surface area contributed by atoms with E-state index in [2.05, 4.69) is 36.6 Å². The monoisotopic (exact) mass is 256 g/mol. The van der Waals surface area contributed by atoms with E-state index in [0.29, 0.717) is 11.8 Å². The fourth-order valence-electron chi connectivity index (χ4n) is 3.13. The first kappa shape index (κ1) is 10.9. The zero-order valence-corrected chi connectivity index (χ0v) is 10.8. The van der Waals surface area contributed by atoms with Crippen molar-refractivity contribution in [3.05, 3.63) is 24.4 Å². The molecule has 3 aromatic rings. The summed E-state index contributed by atoms with van der Waals surface area (Å²) in [5.41, 5.74) is 3.79. The summed E-state index contributed by atoms with van der Waals surface area (Å²) in [6, 6.07) is 0. The molecule has 0 unspecified atom stereocenters. The van der Waals surface area contributed by atoms with Gasteiger partial charge in [-0.15, -0.1) is 0 Å². The van der Waals surface area contributed by atoms with Gasteiger partial charge in [0.1, 0.15) is 0 Å². The van der Waals surface area contributed by atoms with Crippen LogP contribution in [0.3, 0.4) is 0 Å². The third-order valence-corrected chi connectivity index (χ3v) is 4.18. The first-order chi connectivity index (χ1) is 9.38. The van der Waals surface area contributed by atoms with Crippen LogP contribution in [0.2, 0.25) is 0 Å². The molecule has 0 spiro atoms. The average Bonchev–Trinajstić information content (AvgIpc) is 3.15. The van der Waals surface area contributed by atoms with Crippen LogP contribution in [0.1, 0.15) is 25.0 Å². The Balaban J connectivity index is 1.96. The Morgan fingerprint density at radius 3 is 3.11 bits per heavy atom. The normalized spacial score (nSPS) is 23.6. The minimum absolute atomic E-state index is 0.502. The van der Waals surface area contributed by atoms with E-state index in [1.54, 1.807) is 12.5 Å². The maximum Gasteiger partial charge on any atom is 0.183 e. The molecule has 1 aliphatic rings. The number of hydrogen-bond donors (Lipinski definition) is 2. The summed E-state index contributed by atoms with van der Waals surface area (Å²) in [4.78, 5) is 16.3. The standard InChI is InChI=1S/C13H16N6/c1-2-8-3-14-4-9(8)10-5-15-11-6-16-12-13(19(10)11)18-7-17-12/h5-9,14H,2-4H2,1H3,(H,17,18)/t8-,9+/m0/s1. The second-order valence-electron chi connectivity index (χ2n) is 5.14. The van der Waals surface area contributed by atoms with Crippen molar-refractivity contribution in [1.29, 1.82) is 0 Å². The summed E-state index contributed by atoms with van der Waals surface area (Å²) >= 11 is 0. The predicted molar refractivity (Wildman–Crippen MR) is 72.0 cm³/mol. The van der Waals surface area contributed by atoms with Gasteiger partial charge < -0.3 is 10.3 Å². The fourth-order valence-corrected chi connectivity index (χ4v) is 3.13. The van der Waals surface area contributed by atoms with Gasteiger partial charge in [-0.1, -0.05) is 13.3 Å². The summed E-state index contributed by atoms with van der Waals surface area (Å²) in [5.74, 6) is 1.17. The molecular formula is C13H16N6. The number of hydrogen-bond acceptors (Lipinski definition) is 4. The Hall–Kier alpha value is -1.95. The first-order valence-electron chi connectivity index (χ1n) is 6.74. The van der Waals surface area contributed by atoms with Crippen molar-refractivity contribution in [2.24, 2.45) is 5.92 Å². The number of nitrogens with one attached hydrogen (secondary N) is 2. The number of nitrogens with zero attached hydrogens (tertiary/aromatic N) is 4. The maximum absolute atomic E-state index is 4.48. The number of fused-ring (bicyclic) bond motifs is 3. The van der Waals surface area contributed by atoms with E-state index in [4.69, 9.17) is 0 Å². The highest BCUT2D eigenvalue weighted by Crippen LogP contribution is 2.31. The molecule has 0 bridgehead atoms. The zero-order valence-electron chi connectivity index (χ0n) is 10.8. The van der Waals surface area contributed by atoms with Crippen molar-refractivity contribution in [3.63, 3.8) is 0 Å². The van der Waals surface area contributed by atoms with Crippen LogP contribution in [0.15, 0.2) is 18.7 Å². The van der Waals surface area contributed by atoms with E-state index in [-0.39, 0.29) is 0 Å². The van der Waals surface area contributed by atoms with Crippen LogP contribution in [-0.4, -0.2) is 37.4 Å². The molecule has 0 aliphatic carbocycles. The van der Waals surface area contributed by atoms with Gasteiger partial charge in [-0.25, -0.2) is 15.0 Å². The molecule has 3 aromatic heterocycles. The van der Waals surface area contributed by atoms with E-state index in [1.807, 2.05) is 6.20 Å². The zero-order chi connectivity index (χ0) is 12.8. The molecule has 0 amide bonds. The molecule has 2 atom stereocenters. The molecule has 6 nitrogen and oxygen atoms in total. The van der Waals surface area contributed by atoms with Gasteiger partial charge in [0, 0.05) is 24.4 Å². The third kappa shape index (κ3) is 1.49. The Morgan fingerprint density at radius 2 is 2.21 bits per heavy atom. The SMILES string of the molecule is CC[C@H]1CNC[C@H]1c1cnc2cnc3[nH]cnc3n12. The van der Waals surface area contributed by atoms with Crippen molar-refractivity contribution < 1.29 is 0 Å². The van der Waals surface area contributed by atoms with Crippen molar-refractivity contribution >= 4 is 16.9 Å². The molecular weight excluding hydrogens is 240 g/mol. The molecule has 1 saturated heterocycles. The molecule has 4 heterocycles. The van der Waals surface area contributed by atoms with Crippen LogP contribution in [0.25, 0.3) is 16.9 Å². The van der Waals surface area contributed by atoms with Crippen LogP contribution in [0.5, 0.6) is 0 Å². The highest BCUT2D eigenvalue weighted by Gasteiger charge is 2.29. The molecule has 2 N–H and O–H groups in total. The Labute approximate surface area is 110 Å². The molecule has 4 rings (SSSR count). The Kier molecular flexibility index (Phi) is 2.32. The van der Waals surface area contributed by atoms with Gasteiger partial charge in [-0.3, -0.25) is 4.40 Å². The van der Waals surface area contributed by atoms with Crippen LogP contribution < -0.4 is 5.32 Å². The largest absolute Gasteiger partial charge is 0.328 e. The fraction of sp³-hybridized carbons (Fsp3) is 0.462. The van der Waals surface area contributed by atoms with Crippen molar-refractivity contribution in [2.45, 2.75) is 19.3 Å². The number of imidazole rings is 2. The number of aromatic amines is 1. The van der Waals surface area contributed by atoms with Crippen LogP contribution in [-0.2, 0) is 0 Å². The van der Waals surface area contributed by atoms with Crippen molar-refractivity contribution in [1.82, 2.24) is 29.7 Å². The summed E-state index contributed by atoms with van der Waals surface area (Å²) in [7, 11) is 0. The van der Waals surface area contributed by atoms with Gasteiger partial charge in [0.15, 0.2) is 16.9 Å². The van der Waals surface area contributed by atoms with E-state index < -0.39 is 0 Å². The van der Waals surface area contributed by atoms with Gasteiger partial charge in [0.05, 0.1) is 12.5 Å². The molecule has 19 heavy (non-hydrogen) atoms. The van der Waals surface area contributed by atoms with Crippen LogP contribution in [0, 0.1) is 5.92 Å². The van der Waals surface area contributed by atoms with Crippen LogP contribution >= 0.6 is 0 Å². The lowest BCUT2D eigenvalue weighted by molar-refractivity contribution is 0.493. The molecule has 1 fully saturated rings. The number of aromatic nitrogens is 5. The summed E-state index contributed by atoms with van der Waals surface area (Å²) < 4.78 is 2.14. The van der Waals surface area contributed by atoms with Crippen LogP contribution in [0.4, 0.5) is 0 Å². The van der Waals surface area contributed by atoms with Crippen molar-refractivity contribution in [2.75, 3.05) is 13.1 Å². The quantitative estimate of drug-likeness (QED) is 0.725. The summed E-state index contributed by atoms with van der Waals surface area (Å²) in [6.45, 7) is 4.35. The lowest BCUT2D eigenvalue weighted by Crippen LogP contribution is -2.12. The topological polar surface area (TPSA) is 70.9 Å². The minimum Gasteiger partial charge on any atom is -0.328 e. The van der Waals surface area contributed by atoms with Gasteiger partial charge in [-0.05, 0) is 12.5 Å². The van der Waals surface area contributed by atoms with E-state index >= 15 is 0 Å². The highest BCUT2D eigenvalue weighted by atomic mass is 15.1. The molecule has 0 radical (unpaired) electrons. The van der Waals surface area contributed by atoms with Gasteiger partial charge in [-0.2, -0.15) is 0 Å². The number of H-pyrrole nitrogens is 1. The Bertz CT molecular complexity index is 727. The third-order valence-electron chi connectivity index (χ3n) is 4.18. The number of rotatable bonds is 2. The van der Waals surface area contributed by atoms with E-state index in [1.165, 1.54) is 12.1 Å². The molecule has 1 aliphatic heterocycles. The Morgan fingerprint density at radius 1 is 1.26 bits per heavy atom. The predicted octanol–water partition coefficient (Wildman–Crippen LogP) is 1.32. The lowest BCUT2D eigenvalue weighted by Gasteiger charge is -2.16. The second-order valence-corrected chi connectivity index (χ2v) is 5.14. The first-order valence-corrected chi connectivity index (χ1v) is 6.74. The summed E-state index contributed by atoms with van der Waals surface area (Å²) in [5, 5.41) is 3.48. The minimum atomic E-state index is 0.502. The average molecular weight is 256 g/mol. The van der Waals surface area contributed by atoms with E-state index in [0.717, 1.165) is 30.0 Å². The van der Waals surface area contributed by atoms with Crippen molar-refractivity contribution in [3.8, 4) is 0 Å². The molecule has 0 saturated carbocycles. The molecule has 0 aromatic carbocycles. The van der Waals surface area contributed by atoms with E-state index in [9.17, 15) is 0 Å². The van der Waals surface area contributed by atoms with Gasteiger partial charge >= 0.3 is 0 Å². The lowest BCUT2D eigenvalue weighted by atomic mass is 9.91. The molecule has 6 heteroatoms. The maximum atomic E-state index is 4.48. The molecule has 98 valence electrons. The smallest absolute Gasteiger partial charge is 0.183 e. The van der Waals surface area contributed by atoms with Gasteiger partial charge in [0.25, 0.3) is 0 Å². The van der Waals surface area contributed by atoms with Gasteiger partial charge in [0.2, 0.25) is 0 Å². The second kappa shape index (κ2) is 4.03. The summed E-state index contributed by atoms with van der Waals surface area (Å²) in [6.07, 6.45) is 6.64.